The van der Waals surface area contributed by atoms with Crippen LogP contribution in [0.25, 0.3) is 0 Å². The average molecular weight is 645 g/mol. The number of nitrogens with zero attached hydrogens (tertiary/aromatic N) is 2. The molecule has 3 aromatic rings. The van der Waals surface area contributed by atoms with E-state index in [0.29, 0.717) is 15.6 Å². The normalized spacial score (nSPS) is 12.5. The Labute approximate surface area is 255 Å². The first-order chi connectivity index (χ1) is 18.6. The van der Waals surface area contributed by atoms with Gasteiger partial charge in [-0.2, -0.15) is 0 Å². The van der Waals surface area contributed by atoms with Crippen LogP contribution in [-0.2, 0) is 26.2 Å². The molecule has 1 N–H and O–H groups in total. The zero-order chi connectivity index (χ0) is 29.8. The molecule has 12 heteroatoms. The lowest BCUT2D eigenvalue weighted by molar-refractivity contribution is -0.140. The summed E-state index contributed by atoms with van der Waals surface area (Å²) in [4.78, 5) is 28.4. The maximum atomic E-state index is 14.0. The topological polar surface area (TPSA) is 86.8 Å². The number of hydrogen-bond acceptors (Lipinski definition) is 4. The van der Waals surface area contributed by atoms with Gasteiger partial charge in [-0.1, -0.05) is 70.7 Å². The quantitative estimate of drug-likeness (QED) is 0.277. The minimum Gasteiger partial charge on any atom is -0.350 e. The van der Waals surface area contributed by atoms with Gasteiger partial charge in [-0.25, -0.2) is 8.42 Å². The summed E-state index contributed by atoms with van der Waals surface area (Å²) in [7, 11) is -4.26. The van der Waals surface area contributed by atoms with Gasteiger partial charge in [0.15, 0.2) is 0 Å². The smallest absolute Gasteiger partial charge is 0.264 e. The fourth-order valence-corrected chi connectivity index (χ4v) is 6.14. The van der Waals surface area contributed by atoms with Crippen LogP contribution in [0.15, 0.2) is 71.6 Å². The highest BCUT2D eigenvalue weighted by atomic mass is 35.5. The van der Waals surface area contributed by atoms with Gasteiger partial charge in [-0.3, -0.25) is 13.9 Å². The Morgan fingerprint density at radius 3 is 2.10 bits per heavy atom. The van der Waals surface area contributed by atoms with Gasteiger partial charge >= 0.3 is 0 Å². The van der Waals surface area contributed by atoms with E-state index in [4.69, 9.17) is 46.4 Å². The van der Waals surface area contributed by atoms with E-state index in [1.165, 1.54) is 35.2 Å². The summed E-state index contributed by atoms with van der Waals surface area (Å²) in [6.07, 6.45) is 0. The number of rotatable bonds is 9. The van der Waals surface area contributed by atoms with Crippen LogP contribution in [0.1, 0.15) is 33.3 Å². The van der Waals surface area contributed by atoms with Gasteiger partial charge in [0.2, 0.25) is 11.8 Å². The summed E-state index contributed by atoms with van der Waals surface area (Å²) in [6, 6.07) is 15.9. The standard InChI is InChI=1S/C28H29Cl4N3O4S/c1-18(27(37)33-28(2,3)4)34(16-19-10-12-22(30)23(31)14-19)26(36)17-35(25-13-11-20(29)15-24(25)32)40(38,39)21-8-6-5-7-9-21/h5-15,18H,16-17H2,1-4H3,(H,33,37)/t18-/m0/s1. The number of amides is 2. The average Bonchev–Trinajstić information content (AvgIpc) is 2.87. The van der Waals surface area contributed by atoms with Gasteiger partial charge < -0.3 is 10.2 Å². The van der Waals surface area contributed by atoms with Gasteiger partial charge in [0.1, 0.15) is 12.6 Å². The van der Waals surface area contributed by atoms with Gasteiger partial charge in [-0.15, -0.1) is 0 Å². The Balaban J connectivity index is 2.07. The van der Waals surface area contributed by atoms with Crippen molar-refractivity contribution in [3.8, 4) is 0 Å². The number of hydrogen-bond donors (Lipinski definition) is 1. The molecule has 0 aliphatic heterocycles. The minimum atomic E-state index is -4.26. The van der Waals surface area contributed by atoms with Gasteiger partial charge in [0.05, 0.1) is 25.7 Å². The van der Waals surface area contributed by atoms with E-state index in [1.807, 2.05) is 20.8 Å². The minimum absolute atomic E-state index is 0.0364. The van der Waals surface area contributed by atoms with E-state index in [2.05, 4.69) is 5.32 Å². The van der Waals surface area contributed by atoms with E-state index >= 15 is 0 Å². The maximum absolute atomic E-state index is 14.0. The molecule has 2 amide bonds. The molecule has 0 aromatic heterocycles. The molecule has 0 saturated heterocycles. The second-order valence-corrected chi connectivity index (χ2v) is 13.6. The van der Waals surface area contributed by atoms with Gasteiger partial charge in [0, 0.05) is 17.1 Å². The summed E-state index contributed by atoms with van der Waals surface area (Å²) < 4.78 is 28.5. The molecule has 3 rings (SSSR count). The lowest BCUT2D eigenvalue weighted by Gasteiger charge is -2.33. The zero-order valence-electron chi connectivity index (χ0n) is 22.3. The van der Waals surface area contributed by atoms with Crippen LogP contribution in [0, 0.1) is 0 Å². The van der Waals surface area contributed by atoms with E-state index in [1.54, 1.807) is 43.3 Å². The number of carbonyl (C=O) groups excluding carboxylic acids is 2. The van der Waals surface area contributed by atoms with E-state index in [0.717, 1.165) is 4.31 Å². The predicted molar refractivity (Wildman–Crippen MR) is 162 cm³/mol. The first-order valence-corrected chi connectivity index (χ1v) is 15.1. The Morgan fingerprint density at radius 2 is 1.52 bits per heavy atom. The van der Waals surface area contributed by atoms with Crippen molar-refractivity contribution >= 4 is 73.9 Å². The fraction of sp³-hybridized carbons (Fsp3) is 0.286. The number of sulfonamides is 1. The molecule has 0 heterocycles. The molecule has 3 aromatic carbocycles. The first kappa shape index (κ1) is 32.0. The number of nitrogens with one attached hydrogen (secondary N) is 1. The molecule has 0 unspecified atom stereocenters. The summed E-state index contributed by atoms with van der Waals surface area (Å²) in [6.45, 7) is 6.34. The molecule has 0 aliphatic carbocycles. The largest absolute Gasteiger partial charge is 0.350 e. The summed E-state index contributed by atoms with van der Waals surface area (Å²) in [5.74, 6) is -1.06. The lowest BCUT2D eigenvalue weighted by Crippen LogP contribution is -2.54. The second-order valence-electron chi connectivity index (χ2n) is 10.1. The van der Waals surface area contributed by atoms with E-state index in [9.17, 15) is 18.0 Å². The molecule has 0 saturated carbocycles. The van der Waals surface area contributed by atoms with Gasteiger partial charge in [-0.05, 0) is 75.7 Å². The van der Waals surface area contributed by atoms with Crippen molar-refractivity contribution in [3.05, 3.63) is 92.4 Å². The molecule has 40 heavy (non-hydrogen) atoms. The molecule has 7 nitrogen and oxygen atoms in total. The summed E-state index contributed by atoms with van der Waals surface area (Å²) in [5, 5.41) is 3.81. The van der Waals surface area contributed by atoms with Crippen LogP contribution in [0.3, 0.4) is 0 Å². The van der Waals surface area contributed by atoms with Crippen LogP contribution in [0.5, 0.6) is 0 Å². The highest BCUT2D eigenvalue weighted by Gasteiger charge is 2.34. The fourth-order valence-electron chi connectivity index (χ4n) is 3.81. The number of halogens is 4. The molecular weight excluding hydrogens is 616 g/mol. The lowest BCUT2D eigenvalue weighted by atomic mass is 10.1. The van der Waals surface area contributed by atoms with Crippen molar-refractivity contribution in [2.75, 3.05) is 10.8 Å². The highest BCUT2D eigenvalue weighted by molar-refractivity contribution is 7.92. The molecule has 1 atom stereocenters. The van der Waals surface area contributed by atoms with Crippen molar-refractivity contribution < 1.29 is 18.0 Å². The molecule has 0 radical (unpaired) electrons. The number of benzene rings is 3. The second kappa shape index (κ2) is 13.0. The SMILES string of the molecule is C[C@@H](C(=O)NC(C)(C)C)N(Cc1ccc(Cl)c(Cl)c1)C(=O)CN(c1ccc(Cl)cc1Cl)S(=O)(=O)c1ccccc1. The third-order valence-corrected chi connectivity index (χ3v) is 8.84. The van der Waals surface area contributed by atoms with Crippen LogP contribution >= 0.6 is 46.4 Å². The molecule has 0 fully saturated rings. The Morgan fingerprint density at radius 1 is 0.875 bits per heavy atom. The van der Waals surface area contributed by atoms with Crippen molar-refractivity contribution in [1.29, 1.82) is 0 Å². The molecule has 0 spiro atoms. The molecule has 214 valence electrons. The predicted octanol–water partition coefficient (Wildman–Crippen LogP) is 6.83. The molecule has 0 aliphatic rings. The van der Waals surface area contributed by atoms with E-state index in [-0.39, 0.29) is 27.2 Å². The number of anilines is 1. The third kappa shape index (κ3) is 8.04. The first-order valence-electron chi connectivity index (χ1n) is 12.2. The summed E-state index contributed by atoms with van der Waals surface area (Å²) >= 11 is 24.7. The van der Waals surface area contributed by atoms with Crippen LogP contribution in [0.4, 0.5) is 5.69 Å². The van der Waals surface area contributed by atoms with Crippen LogP contribution < -0.4 is 9.62 Å². The van der Waals surface area contributed by atoms with E-state index < -0.39 is 40.0 Å². The Kier molecular flexibility index (Phi) is 10.4. The molecule has 0 bridgehead atoms. The Bertz CT molecular complexity index is 1500. The van der Waals surface area contributed by atoms with Crippen LogP contribution in [0.2, 0.25) is 20.1 Å². The van der Waals surface area contributed by atoms with Crippen molar-refractivity contribution in [2.24, 2.45) is 0 Å². The Hall–Kier alpha value is -2.49. The van der Waals surface area contributed by atoms with Crippen molar-refractivity contribution in [1.82, 2.24) is 10.2 Å². The van der Waals surface area contributed by atoms with Crippen molar-refractivity contribution in [2.45, 2.75) is 50.7 Å². The summed E-state index contributed by atoms with van der Waals surface area (Å²) in [5.41, 5.74) is 0.0908. The maximum Gasteiger partial charge on any atom is 0.264 e. The van der Waals surface area contributed by atoms with Crippen LogP contribution in [-0.4, -0.2) is 43.3 Å². The molecular formula is C28H29Cl4N3O4S. The van der Waals surface area contributed by atoms with Crippen molar-refractivity contribution in [3.63, 3.8) is 0 Å². The van der Waals surface area contributed by atoms with Gasteiger partial charge in [0.25, 0.3) is 10.0 Å². The highest BCUT2D eigenvalue weighted by Crippen LogP contribution is 2.33. The monoisotopic (exact) mass is 643 g/mol. The zero-order valence-corrected chi connectivity index (χ0v) is 26.1. The number of carbonyl (C=O) groups is 2. The third-order valence-electron chi connectivity index (χ3n) is 5.79.